The van der Waals surface area contributed by atoms with Gasteiger partial charge in [-0.1, -0.05) is 26.8 Å². The van der Waals surface area contributed by atoms with E-state index in [1.165, 1.54) is 5.56 Å². The minimum Gasteiger partial charge on any atom is -0.493 e. The first-order valence-corrected chi connectivity index (χ1v) is 5.94. The Kier molecular flexibility index (Phi) is 5.03. The van der Waals surface area contributed by atoms with Crippen molar-refractivity contribution in [3.05, 3.63) is 29.3 Å². The van der Waals surface area contributed by atoms with Gasteiger partial charge in [-0.05, 0) is 36.5 Å². The van der Waals surface area contributed by atoms with Crippen molar-refractivity contribution in [3.63, 3.8) is 0 Å². The maximum atomic E-state index is 11.0. The molecular weight excluding hydrogens is 200 g/mol. The molecule has 1 aromatic carbocycles. The molecule has 0 aromatic heterocycles. The lowest BCUT2D eigenvalue weighted by Gasteiger charge is -2.12. The molecule has 0 bridgehead atoms. The largest absolute Gasteiger partial charge is 0.493 e. The minimum atomic E-state index is 0.485. The molecule has 88 valence electrons. The van der Waals surface area contributed by atoms with Crippen LogP contribution in [-0.4, -0.2) is 12.9 Å². The molecule has 0 N–H and O–H groups in total. The SMILES string of the molecule is CCCOc1ccc(C(C)CC)cc1C=O. The summed E-state index contributed by atoms with van der Waals surface area (Å²) in [6.07, 6.45) is 2.90. The van der Waals surface area contributed by atoms with Gasteiger partial charge in [-0.3, -0.25) is 4.79 Å². The van der Waals surface area contributed by atoms with Crippen LogP contribution in [0.15, 0.2) is 18.2 Å². The summed E-state index contributed by atoms with van der Waals surface area (Å²) in [6.45, 7) is 7.01. The predicted molar refractivity (Wildman–Crippen MR) is 66.3 cm³/mol. The van der Waals surface area contributed by atoms with E-state index in [1.807, 2.05) is 25.1 Å². The molecule has 0 aliphatic heterocycles. The minimum absolute atomic E-state index is 0.485. The van der Waals surface area contributed by atoms with Gasteiger partial charge in [-0.15, -0.1) is 0 Å². The fraction of sp³-hybridized carbons (Fsp3) is 0.500. The predicted octanol–water partition coefficient (Wildman–Crippen LogP) is 3.80. The maximum Gasteiger partial charge on any atom is 0.153 e. The van der Waals surface area contributed by atoms with Gasteiger partial charge < -0.3 is 4.74 Å². The van der Waals surface area contributed by atoms with Crippen LogP contribution in [0, 0.1) is 0 Å². The maximum absolute atomic E-state index is 11.0. The number of rotatable bonds is 6. The van der Waals surface area contributed by atoms with E-state index in [-0.39, 0.29) is 0 Å². The summed E-state index contributed by atoms with van der Waals surface area (Å²) >= 11 is 0. The van der Waals surface area contributed by atoms with Gasteiger partial charge in [0.25, 0.3) is 0 Å². The molecule has 1 rings (SSSR count). The van der Waals surface area contributed by atoms with Crippen LogP contribution in [-0.2, 0) is 0 Å². The Morgan fingerprint density at radius 2 is 2.12 bits per heavy atom. The summed E-state index contributed by atoms with van der Waals surface area (Å²) in [7, 11) is 0. The van der Waals surface area contributed by atoms with Crippen molar-refractivity contribution < 1.29 is 9.53 Å². The number of aldehydes is 1. The van der Waals surface area contributed by atoms with Crippen LogP contribution < -0.4 is 4.74 Å². The molecular formula is C14H20O2. The van der Waals surface area contributed by atoms with Crippen molar-refractivity contribution in [2.45, 2.75) is 39.5 Å². The molecule has 0 aliphatic carbocycles. The first-order chi connectivity index (χ1) is 7.72. The van der Waals surface area contributed by atoms with E-state index >= 15 is 0 Å². The van der Waals surface area contributed by atoms with Gasteiger partial charge in [0.2, 0.25) is 0 Å². The van der Waals surface area contributed by atoms with Gasteiger partial charge in [0.15, 0.2) is 6.29 Å². The van der Waals surface area contributed by atoms with Gasteiger partial charge >= 0.3 is 0 Å². The lowest BCUT2D eigenvalue weighted by molar-refractivity contribution is 0.111. The normalized spacial score (nSPS) is 12.2. The first-order valence-electron chi connectivity index (χ1n) is 5.94. The highest BCUT2D eigenvalue weighted by molar-refractivity contribution is 5.79. The van der Waals surface area contributed by atoms with Crippen molar-refractivity contribution in [2.24, 2.45) is 0 Å². The van der Waals surface area contributed by atoms with E-state index in [0.29, 0.717) is 23.8 Å². The number of hydrogen-bond acceptors (Lipinski definition) is 2. The third-order valence-corrected chi connectivity index (χ3v) is 2.80. The van der Waals surface area contributed by atoms with Gasteiger partial charge in [-0.2, -0.15) is 0 Å². The van der Waals surface area contributed by atoms with E-state index in [4.69, 9.17) is 4.74 Å². The van der Waals surface area contributed by atoms with E-state index in [0.717, 1.165) is 19.1 Å². The molecule has 0 fully saturated rings. The Bertz CT molecular complexity index is 345. The Morgan fingerprint density at radius 1 is 1.38 bits per heavy atom. The second-order valence-electron chi connectivity index (χ2n) is 4.07. The smallest absolute Gasteiger partial charge is 0.153 e. The molecule has 0 saturated carbocycles. The fourth-order valence-corrected chi connectivity index (χ4v) is 1.54. The Balaban J connectivity index is 2.92. The lowest BCUT2D eigenvalue weighted by atomic mass is 9.97. The van der Waals surface area contributed by atoms with Crippen LogP contribution in [0.5, 0.6) is 5.75 Å². The van der Waals surface area contributed by atoms with Gasteiger partial charge in [0.05, 0.1) is 12.2 Å². The van der Waals surface area contributed by atoms with Crippen molar-refractivity contribution in [1.29, 1.82) is 0 Å². The summed E-state index contributed by atoms with van der Waals surface area (Å²) in [5, 5.41) is 0. The Hall–Kier alpha value is -1.31. The van der Waals surface area contributed by atoms with Crippen LogP contribution in [0.3, 0.4) is 0 Å². The average Bonchev–Trinajstić information content (AvgIpc) is 2.35. The van der Waals surface area contributed by atoms with Gasteiger partial charge in [0.1, 0.15) is 5.75 Å². The van der Waals surface area contributed by atoms with Crippen molar-refractivity contribution >= 4 is 6.29 Å². The second-order valence-corrected chi connectivity index (χ2v) is 4.07. The number of benzene rings is 1. The molecule has 0 spiro atoms. The van der Waals surface area contributed by atoms with Crippen LogP contribution in [0.4, 0.5) is 0 Å². The van der Waals surface area contributed by atoms with Crippen molar-refractivity contribution in [3.8, 4) is 5.75 Å². The van der Waals surface area contributed by atoms with E-state index in [2.05, 4.69) is 13.8 Å². The van der Waals surface area contributed by atoms with E-state index in [9.17, 15) is 4.79 Å². The summed E-state index contributed by atoms with van der Waals surface area (Å²) in [4.78, 5) is 11.0. The quantitative estimate of drug-likeness (QED) is 0.681. The Morgan fingerprint density at radius 3 is 2.69 bits per heavy atom. The standard InChI is InChI=1S/C14H20O2/c1-4-8-16-14-7-6-12(11(3)5-2)9-13(14)10-15/h6-7,9-11H,4-5,8H2,1-3H3. The zero-order valence-electron chi connectivity index (χ0n) is 10.3. The van der Waals surface area contributed by atoms with Crippen LogP contribution in [0.2, 0.25) is 0 Å². The summed E-state index contributed by atoms with van der Waals surface area (Å²) in [5.74, 6) is 1.18. The third-order valence-electron chi connectivity index (χ3n) is 2.80. The molecule has 0 saturated heterocycles. The average molecular weight is 220 g/mol. The molecule has 0 radical (unpaired) electrons. The molecule has 1 atom stereocenters. The zero-order valence-corrected chi connectivity index (χ0v) is 10.3. The lowest BCUT2D eigenvalue weighted by Crippen LogP contribution is -2.00. The van der Waals surface area contributed by atoms with E-state index < -0.39 is 0 Å². The summed E-state index contributed by atoms with van der Waals surface area (Å²) in [5.41, 5.74) is 1.86. The Labute approximate surface area is 97.6 Å². The second kappa shape index (κ2) is 6.31. The number of carbonyl (C=O) groups excluding carboxylic acids is 1. The first kappa shape index (κ1) is 12.8. The molecule has 2 nitrogen and oxygen atoms in total. The van der Waals surface area contributed by atoms with Gasteiger partial charge in [0, 0.05) is 0 Å². The number of hydrogen-bond donors (Lipinski definition) is 0. The monoisotopic (exact) mass is 220 g/mol. The fourth-order valence-electron chi connectivity index (χ4n) is 1.54. The highest BCUT2D eigenvalue weighted by atomic mass is 16.5. The number of carbonyl (C=O) groups is 1. The summed E-state index contributed by atoms with van der Waals surface area (Å²) in [6, 6.07) is 5.89. The van der Waals surface area contributed by atoms with Crippen LogP contribution in [0.1, 0.15) is 55.5 Å². The van der Waals surface area contributed by atoms with Crippen LogP contribution in [0.25, 0.3) is 0 Å². The zero-order chi connectivity index (χ0) is 12.0. The number of ether oxygens (including phenoxy) is 1. The van der Waals surface area contributed by atoms with E-state index in [1.54, 1.807) is 0 Å². The summed E-state index contributed by atoms with van der Waals surface area (Å²) < 4.78 is 5.51. The molecule has 1 unspecified atom stereocenters. The highest BCUT2D eigenvalue weighted by Crippen LogP contribution is 2.25. The molecule has 16 heavy (non-hydrogen) atoms. The molecule has 0 aliphatic rings. The topological polar surface area (TPSA) is 26.3 Å². The molecule has 2 heteroatoms. The van der Waals surface area contributed by atoms with Crippen molar-refractivity contribution in [1.82, 2.24) is 0 Å². The van der Waals surface area contributed by atoms with Crippen molar-refractivity contribution in [2.75, 3.05) is 6.61 Å². The van der Waals surface area contributed by atoms with Crippen LogP contribution >= 0.6 is 0 Å². The molecule has 0 amide bonds. The highest BCUT2D eigenvalue weighted by Gasteiger charge is 2.08. The molecule has 1 aromatic rings. The third kappa shape index (κ3) is 3.09. The van der Waals surface area contributed by atoms with Gasteiger partial charge in [-0.25, -0.2) is 0 Å². The molecule has 0 heterocycles.